The van der Waals surface area contributed by atoms with Gasteiger partial charge in [-0.1, -0.05) is 0 Å². The number of hydrogen-bond donors (Lipinski definition) is 1. The minimum absolute atomic E-state index is 0.134. The summed E-state index contributed by atoms with van der Waals surface area (Å²) in [7, 11) is 2.82. The second-order valence-electron chi connectivity index (χ2n) is 7.08. The molecule has 3 rings (SSSR count). The number of amides is 1. The van der Waals surface area contributed by atoms with Gasteiger partial charge in [0.25, 0.3) is 10.2 Å². The molecule has 10 heteroatoms. The number of nitrogens with zero attached hydrogens (tertiary/aromatic N) is 4. The molecule has 0 unspecified atom stereocenters. The van der Waals surface area contributed by atoms with Gasteiger partial charge in [0.1, 0.15) is 0 Å². The molecule has 0 radical (unpaired) electrons. The summed E-state index contributed by atoms with van der Waals surface area (Å²) < 4.78 is 30.2. The first kappa shape index (κ1) is 19.6. The van der Waals surface area contributed by atoms with Crippen molar-refractivity contribution in [1.82, 2.24) is 17.7 Å². The van der Waals surface area contributed by atoms with E-state index in [1.807, 2.05) is 0 Å². The van der Waals surface area contributed by atoms with Crippen molar-refractivity contribution < 1.29 is 13.2 Å². The van der Waals surface area contributed by atoms with Crippen LogP contribution in [-0.2, 0) is 29.1 Å². The van der Waals surface area contributed by atoms with Crippen LogP contribution in [0.3, 0.4) is 0 Å². The van der Waals surface area contributed by atoms with Crippen molar-refractivity contribution in [2.45, 2.75) is 12.8 Å². The summed E-state index contributed by atoms with van der Waals surface area (Å²) in [5.74, 6) is -0.627. The number of imidazole rings is 1. The first-order valence-electron chi connectivity index (χ1n) is 8.77. The Morgan fingerprint density at radius 1 is 1.19 bits per heavy atom. The lowest BCUT2D eigenvalue weighted by molar-refractivity contribution is -0.120. The molecule has 0 saturated carbocycles. The molecular weight excluding hydrogens is 370 g/mol. The van der Waals surface area contributed by atoms with Gasteiger partial charge in [0.05, 0.1) is 17.0 Å². The summed E-state index contributed by atoms with van der Waals surface area (Å²) in [6.07, 6.45) is 1.27. The van der Waals surface area contributed by atoms with Crippen molar-refractivity contribution in [1.29, 1.82) is 0 Å². The lowest BCUT2D eigenvalue weighted by Gasteiger charge is -2.32. The SMILES string of the molecule is CN(C)S(=O)(=O)N1CCC[C@H](C(=O)Nc2ccc3c(c2)n(C)c(=O)n3C)C1. The van der Waals surface area contributed by atoms with Crippen LogP contribution < -0.4 is 11.0 Å². The first-order chi connectivity index (χ1) is 12.6. The molecule has 1 fully saturated rings. The number of rotatable bonds is 4. The van der Waals surface area contributed by atoms with Crippen LogP contribution in [0, 0.1) is 5.92 Å². The van der Waals surface area contributed by atoms with E-state index in [9.17, 15) is 18.0 Å². The van der Waals surface area contributed by atoms with Gasteiger partial charge in [-0.2, -0.15) is 17.0 Å². The van der Waals surface area contributed by atoms with E-state index in [4.69, 9.17) is 0 Å². The minimum Gasteiger partial charge on any atom is -0.326 e. The van der Waals surface area contributed by atoms with Crippen LogP contribution in [0.1, 0.15) is 12.8 Å². The molecule has 1 saturated heterocycles. The zero-order chi connectivity index (χ0) is 19.9. The average molecular weight is 395 g/mol. The van der Waals surface area contributed by atoms with Gasteiger partial charge in [-0.3, -0.25) is 13.9 Å². The molecule has 1 N–H and O–H groups in total. The van der Waals surface area contributed by atoms with Crippen LogP contribution in [0.2, 0.25) is 0 Å². The van der Waals surface area contributed by atoms with E-state index in [0.29, 0.717) is 25.1 Å². The molecule has 1 amide bonds. The smallest absolute Gasteiger partial charge is 0.326 e. The first-order valence-corrected chi connectivity index (χ1v) is 10.2. The summed E-state index contributed by atoms with van der Waals surface area (Å²) in [5, 5.41) is 2.86. The zero-order valence-electron chi connectivity index (χ0n) is 16.0. The number of fused-ring (bicyclic) bond motifs is 1. The fraction of sp³-hybridized carbons (Fsp3) is 0.529. The van der Waals surface area contributed by atoms with Crippen LogP contribution >= 0.6 is 0 Å². The number of carbonyl (C=O) groups excluding carboxylic acids is 1. The monoisotopic (exact) mass is 395 g/mol. The molecular formula is C17H25N5O4S. The largest absolute Gasteiger partial charge is 0.328 e. The van der Waals surface area contributed by atoms with Crippen LogP contribution in [0.15, 0.2) is 23.0 Å². The third kappa shape index (κ3) is 3.52. The van der Waals surface area contributed by atoms with E-state index in [1.165, 1.54) is 23.0 Å². The molecule has 148 valence electrons. The van der Waals surface area contributed by atoms with Gasteiger partial charge in [0.2, 0.25) is 5.91 Å². The van der Waals surface area contributed by atoms with Crippen molar-refractivity contribution in [3.05, 3.63) is 28.7 Å². The Balaban J connectivity index is 1.78. The number of benzene rings is 1. The molecule has 1 aromatic carbocycles. The molecule has 27 heavy (non-hydrogen) atoms. The Morgan fingerprint density at radius 3 is 2.52 bits per heavy atom. The van der Waals surface area contributed by atoms with E-state index in [0.717, 1.165) is 15.3 Å². The third-order valence-corrected chi connectivity index (χ3v) is 6.99. The number of piperidine rings is 1. The molecule has 0 aliphatic carbocycles. The molecule has 0 bridgehead atoms. The number of nitrogens with one attached hydrogen (secondary N) is 1. The van der Waals surface area contributed by atoms with Gasteiger partial charge in [0.15, 0.2) is 0 Å². The van der Waals surface area contributed by atoms with Crippen molar-refractivity contribution in [3.63, 3.8) is 0 Å². The van der Waals surface area contributed by atoms with Gasteiger partial charge in [-0.25, -0.2) is 4.79 Å². The van der Waals surface area contributed by atoms with Crippen LogP contribution in [0.4, 0.5) is 5.69 Å². The van der Waals surface area contributed by atoms with Gasteiger partial charge in [0, 0.05) is 47.0 Å². The number of anilines is 1. The van der Waals surface area contributed by atoms with Crippen LogP contribution in [-0.4, -0.2) is 59.3 Å². The summed E-state index contributed by atoms with van der Waals surface area (Å²) in [5.41, 5.74) is 1.95. The third-order valence-electron chi connectivity index (χ3n) is 5.08. The fourth-order valence-corrected chi connectivity index (χ4v) is 4.62. The van der Waals surface area contributed by atoms with Crippen LogP contribution in [0.25, 0.3) is 11.0 Å². The Labute approximate surface area is 158 Å². The van der Waals surface area contributed by atoms with Crippen molar-refractivity contribution >= 4 is 32.8 Å². The number of aromatic nitrogens is 2. The normalized spacial score (nSPS) is 18.9. The van der Waals surface area contributed by atoms with Gasteiger partial charge < -0.3 is 5.32 Å². The zero-order valence-corrected chi connectivity index (χ0v) is 16.8. The number of carbonyl (C=O) groups is 1. The van der Waals surface area contributed by atoms with Gasteiger partial charge >= 0.3 is 5.69 Å². The molecule has 1 aromatic heterocycles. The standard InChI is InChI=1S/C17H25N5O4S/c1-19(2)27(25,26)22-9-5-6-12(11-22)16(23)18-13-7-8-14-15(10-13)21(4)17(24)20(14)3/h7-8,10,12H,5-6,9,11H2,1-4H3,(H,18,23)/t12-/m0/s1. The highest BCUT2D eigenvalue weighted by atomic mass is 32.2. The van der Waals surface area contributed by atoms with E-state index in [1.54, 1.807) is 36.9 Å². The highest BCUT2D eigenvalue weighted by Gasteiger charge is 2.33. The number of hydrogen-bond acceptors (Lipinski definition) is 4. The van der Waals surface area contributed by atoms with Crippen molar-refractivity contribution in [3.8, 4) is 0 Å². The number of aryl methyl sites for hydroxylation is 2. The maximum absolute atomic E-state index is 12.7. The van der Waals surface area contributed by atoms with E-state index < -0.39 is 16.1 Å². The summed E-state index contributed by atoms with van der Waals surface area (Å²) in [6.45, 7) is 0.584. The molecule has 1 aliphatic rings. The molecule has 2 heterocycles. The maximum Gasteiger partial charge on any atom is 0.328 e. The molecule has 9 nitrogen and oxygen atoms in total. The quantitative estimate of drug-likeness (QED) is 0.807. The summed E-state index contributed by atoms with van der Waals surface area (Å²) in [4.78, 5) is 24.7. The predicted molar refractivity (Wildman–Crippen MR) is 104 cm³/mol. The highest BCUT2D eigenvalue weighted by Crippen LogP contribution is 2.23. The summed E-state index contributed by atoms with van der Waals surface area (Å²) in [6, 6.07) is 5.29. The Kier molecular flexibility index (Phi) is 5.15. The second kappa shape index (κ2) is 7.10. The Morgan fingerprint density at radius 2 is 1.85 bits per heavy atom. The topological polar surface area (TPSA) is 96.7 Å². The van der Waals surface area contributed by atoms with Crippen LogP contribution in [0.5, 0.6) is 0 Å². The van der Waals surface area contributed by atoms with E-state index >= 15 is 0 Å². The van der Waals surface area contributed by atoms with Gasteiger partial charge in [-0.15, -0.1) is 0 Å². The maximum atomic E-state index is 12.7. The molecule has 2 aromatic rings. The molecule has 1 aliphatic heterocycles. The second-order valence-corrected chi connectivity index (χ2v) is 9.22. The molecule has 1 atom stereocenters. The fourth-order valence-electron chi connectivity index (χ4n) is 3.43. The minimum atomic E-state index is -3.53. The lowest BCUT2D eigenvalue weighted by Crippen LogP contribution is -2.47. The van der Waals surface area contributed by atoms with Crippen molar-refractivity contribution in [2.24, 2.45) is 20.0 Å². The molecule has 0 spiro atoms. The van der Waals surface area contributed by atoms with E-state index in [2.05, 4.69) is 5.32 Å². The highest BCUT2D eigenvalue weighted by molar-refractivity contribution is 7.86. The lowest BCUT2D eigenvalue weighted by atomic mass is 9.98. The van der Waals surface area contributed by atoms with Crippen molar-refractivity contribution in [2.75, 3.05) is 32.5 Å². The Hall–Kier alpha value is -2.17. The van der Waals surface area contributed by atoms with E-state index in [-0.39, 0.29) is 18.1 Å². The van der Waals surface area contributed by atoms with Gasteiger partial charge in [-0.05, 0) is 31.0 Å². The average Bonchev–Trinajstić information content (AvgIpc) is 2.85. The summed E-state index contributed by atoms with van der Waals surface area (Å²) >= 11 is 0. The predicted octanol–water partition coefficient (Wildman–Crippen LogP) is 0.334. The Bertz CT molecular complexity index is 1040.